The van der Waals surface area contributed by atoms with Crippen molar-refractivity contribution in [1.29, 1.82) is 0 Å². The monoisotopic (exact) mass is 532 g/mol. The SMILES string of the molecule is CCc1ccc2nc(N3C(=O)C(=O)C(=C(O)c4ccc(Cl)cc4)[C@H]3c3ccc(OC(C)C)cc3)sc2c1. The predicted molar refractivity (Wildman–Crippen MR) is 147 cm³/mol. The van der Waals surface area contributed by atoms with Gasteiger partial charge in [0.25, 0.3) is 5.78 Å². The minimum atomic E-state index is -0.866. The van der Waals surface area contributed by atoms with Crippen LogP contribution in [-0.4, -0.2) is 27.9 Å². The first-order valence-corrected chi connectivity index (χ1v) is 13.2. The lowest BCUT2D eigenvalue weighted by Crippen LogP contribution is -2.29. The Morgan fingerprint density at radius 2 is 1.78 bits per heavy atom. The van der Waals surface area contributed by atoms with Crippen LogP contribution in [0.5, 0.6) is 5.75 Å². The highest BCUT2D eigenvalue weighted by molar-refractivity contribution is 7.22. The van der Waals surface area contributed by atoms with Gasteiger partial charge in [-0.3, -0.25) is 14.5 Å². The number of carbonyl (C=O) groups excluding carboxylic acids is 2. The third-order valence-electron chi connectivity index (χ3n) is 6.19. The van der Waals surface area contributed by atoms with E-state index in [0.717, 1.165) is 22.2 Å². The van der Waals surface area contributed by atoms with Crippen LogP contribution in [0.15, 0.2) is 72.3 Å². The van der Waals surface area contributed by atoms with Crippen LogP contribution in [0, 0.1) is 0 Å². The number of ketones is 1. The van der Waals surface area contributed by atoms with Crippen molar-refractivity contribution in [3.63, 3.8) is 0 Å². The largest absolute Gasteiger partial charge is 0.507 e. The molecule has 0 aliphatic carbocycles. The number of hydrogen-bond acceptors (Lipinski definition) is 6. The number of aromatic nitrogens is 1. The van der Waals surface area contributed by atoms with Gasteiger partial charge in [-0.05, 0) is 79.9 Å². The normalized spacial score (nSPS) is 17.2. The maximum atomic E-state index is 13.5. The Bertz CT molecular complexity index is 1520. The molecule has 1 fully saturated rings. The van der Waals surface area contributed by atoms with E-state index in [2.05, 4.69) is 6.92 Å². The van der Waals surface area contributed by atoms with E-state index in [-0.39, 0.29) is 17.4 Å². The first-order chi connectivity index (χ1) is 17.8. The zero-order chi connectivity index (χ0) is 26.3. The third kappa shape index (κ3) is 4.72. The number of thiazole rings is 1. The molecule has 8 heteroatoms. The summed E-state index contributed by atoms with van der Waals surface area (Å²) < 4.78 is 6.69. The molecule has 1 aliphatic rings. The van der Waals surface area contributed by atoms with Crippen molar-refractivity contribution in [3.05, 3.63) is 94.0 Å². The first-order valence-electron chi connectivity index (χ1n) is 12.0. The van der Waals surface area contributed by atoms with Crippen LogP contribution in [0.4, 0.5) is 5.13 Å². The number of fused-ring (bicyclic) bond motifs is 1. The van der Waals surface area contributed by atoms with Crippen LogP contribution < -0.4 is 9.64 Å². The van der Waals surface area contributed by atoms with Gasteiger partial charge in [0.1, 0.15) is 11.5 Å². The summed E-state index contributed by atoms with van der Waals surface area (Å²) in [6.45, 7) is 5.95. The Morgan fingerprint density at radius 1 is 1.08 bits per heavy atom. The summed E-state index contributed by atoms with van der Waals surface area (Å²) >= 11 is 7.37. The van der Waals surface area contributed by atoms with Crippen LogP contribution in [0.25, 0.3) is 16.0 Å². The first kappa shape index (κ1) is 25.0. The van der Waals surface area contributed by atoms with Gasteiger partial charge in [-0.2, -0.15) is 0 Å². The van der Waals surface area contributed by atoms with Crippen LogP contribution in [0.3, 0.4) is 0 Å². The molecular weight excluding hydrogens is 508 g/mol. The van der Waals surface area contributed by atoms with Crippen LogP contribution >= 0.6 is 22.9 Å². The number of amides is 1. The highest BCUT2D eigenvalue weighted by Crippen LogP contribution is 2.44. The molecule has 1 saturated heterocycles. The molecule has 1 aromatic heterocycles. The van der Waals surface area contributed by atoms with Gasteiger partial charge in [-0.1, -0.05) is 48.1 Å². The highest BCUT2D eigenvalue weighted by Gasteiger charge is 2.48. The molecular formula is C29H25ClN2O4S. The van der Waals surface area contributed by atoms with E-state index in [0.29, 0.717) is 27.0 Å². The van der Waals surface area contributed by atoms with E-state index in [4.69, 9.17) is 21.3 Å². The molecule has 0 spiro atoms. The summed E-state index contributed by atoms with van der Waals surface area (Å²) in [5, 5.41) is 12.2. The molecule has 0 saturated carbocycles. The Morgan fingerprint density at radius 3 is 2.43 bits per heavy atom. The van der Waals surface area contributed by atoms with Crippen molar-refractivity contribution in [1.82, 2.24) is 4.98 Å². The van der Waals surface area contributed by atoms with E-state index in [1.165, 1.54) is 16.2 Å². The minimum Gasteiger partial charge on any atom is -0.507 e. The zero-order valence-electron chi connectivity index (χ0n) is 20.6. The van der Waals surface area contributed by atoms with E-state index < -0.39 is 17.7 Å². The van der Waals surface area contributed by atoms with Crippen molar-refractivity contribution in [2.75, 3.05) is 4.90 Å². The Hall–Kier alpha value is -3.68. The number of anilines is 1. The molecule has 188 valence electrons. The topological polar surface area (TPSA) is 79.7 Å². The fourth-order valence-corrected chi connectivity index (χ4v) is 5.57. The maximum Gasteiger partial charge on any atom is 0.301 e. The molecule has 1 N–H and O–H groups in total. The van der Waals surface area contributed by atoms with Gasteiger partial charge in [0.2, 0.25) is 0 Å². The van der Waals surface area contributed by atoms with Crippen LogP contribution in [-0.2, 0) is 16.0 Å². The number of halogens is 1. The standard InChI is InChI=1S/C29H25ClN2O4S/c1-4-17-5-14-22-23(15-17)37-29(31-22)32-25(18-8-12-21(13-9-18)36-16(2)3)24(27(34)28(32)35)26(33)19-6-10-20(30)11-7-19/h5-16,25,33H,4H2,1-3H3/t25-/m1/s1. The number of benzene rings is 3. The maximum absolute atomic E-state index is 13.5. The van der Waals surface area contributed by atoms with E-state index in [1.54, 1.807) is 48.5 Å². The fourth-order valence-electron chi connectivity index (χ4n) is 4.39. The predicted octanol–water partition coefficient (Wildman–Crippen LogP) is 6.93. The molecule has 0 bridgehead atoms. The average Bonchev–Trinajstić information content (AvgIpc) is 3.41. The molecule has 1 atom stereocenters. The average molecular weight is 533 g/mol. The third-order valence-corrected chi connectivity index (χ3v) is 7.46. The van der Waals surface area contributed by atoms with Gasteiger partial charge in [0.15, 0.2) is 5.13 Å². The Kier molecular flexibility index (Phi) is 6.75. The van der Waals surface area contributed by atoms with Gasteiger partial charge >= 0.3 is 5.91 Å². The lowest BCUT2D eigenvalue weighted by atomic mass is 9.95. The molecule has 6 nitrogen and oxygen atoms in total. The van der Waals surface area contributed by atoms with Crippen molar-refractivity contribution in [2.45, 2.75) is 39.3 Å². The Labute approximate surface area is 223 Å². The van der Waals surface area contributed by atoms with Gasteiger partial charge in [-0.25, -0.2) is 4.98 Å². The number of Topliss-reactive ketones (excluding diaryl/α,β-unsaturated/α-hetero) is 1. The van der Waals surface area contributed by atoms with Crippen molar-refractivity contribution >= 4 is 55.7 Å². The summed E-state index contributed by atoms with van der Waals surface area (Å²) in [6.07, 6.45) is 0.872. The molecule has 5 rings (SSSR count). The molecule has 0 radical (unpaired) electrons. The number of ether oxygens (including phenoxy) is 1. The number of aryl methyl sites for hydroxylation is 1. The fraction of sp³-hybridized carbons (Fsp3) is 0.207. The molecule has 1 amide bonds. The second-order valence-corrected chi connectivity index (χ2v) is 10.5. The van der Waals surface area contributed by atoms with Crippen LogP contribution in [0.2, 0.25) is 5.02 Å². The van der Waals surface area contributed by atoms with Gasteiger partial charge < -0.3 is 9.84 Å². The summed E-state index contributed by atoms with van der Waals surface area (Å²) in [5.74, 6) is -1.11. The lowest BCUT2D eigenvalue weighted by molar-refractivity contribution is -0.132. The molecule has 3 aromatic carbocycles. The molecule has 2 heterocycles. The summed E-state index contributed by atoms with van der Waals surface area (Å²) in [5.41, 5.74) is 2.95. The molecule has 0 unspecified atom stereocenters. The smallest absolute Gasteiger partial charge is 0.301 e. The zero-order valence-corrected chi connectivity index (χ0v) is 22.1. The van der Waals surface area contributed by atoms with Gasteiger partial charge in [0.05, 0.1) is 27.9 Å². The number of aliphatic hydroxyl groups excluding tert-OH is 1. The van der Waals surface area contributed by atoms with Crippen molar-refractivity contribution in [2.24, 2.45) is 0 Å². The minimum absolute atomic E-state index is 0.00152. The number of rotatable bonds is 6. The molecule has 1 aliphatic heterocycles. The number of carbonyl (C=O) groups is 2. The summed E-state index contributed by atoms with van der Waals surface area (Å²) in [4.78, 5) is 32.9. The molecule has 4 aromatic rings. The Balaban J connectivity index is 1.68. The highest BCUT2D eigenvalue weighted by atomic mass is 35.5. The number of hydrogen-bond donors (Lipinski definition) is 1. The second-order valence-electron chi connectivity index (χ2n) is 9.06. The van der Waals surface area contributed by atoms with Crippen LogP contribution in [0.1, 0.15) is 43.5 Å². The van der Waals surface area contributed by atoms with E-state index in [1.807, 2.05) is 32.0 Å². The number of aliphatic hydroxyl groups is 1. The van der Waals surface area contributed by atoms with Gasteiger partial charge in [0, 0.05) is 10.6 Å². The summed E-state index contributed by atoms with van der Waals surface area (Å²) in [7, 11) is 0. The quantitative estimate of drug-likeness (QED) is 0.165. The molecule has 37 heavy (non-hydrogen) atoms. The summed E-state index contributed by atoms with van der Waals surface area (Å²) in [6, 6.07) is 18.8. The van der Waals surface area contributed by atoms with Gasteiger partial charge in [-0.15, -0.1) is 0 Å². The second kappa shape index (κ2) is 10.00. The lowest BCUT2D eigenvalue weighted by Gasteiger charge is -2.23. The van der Waals surface area contributed by atoms with E-state index in [9.17, 15) is 14.7 Å². The van der Waals surface area contributed by atoms with Crippen molar-refractivity contribution < 1.29 is 19.4 Å². The van der Waals surface area contributed by atoms with Crippen molar-refractivity contribution in [3.8, 4) is 5.75 Å². The van der Waals surface area contributed by atoms with E-state index >= 15 is 0 Å². The number of nitrogens with zero attached hydrogens (tertiary/aromatic N) is 2.